The number of amides is 1. The van der Waals surface area contributed by atoms with Crippen LogP contribution in [0.4, 0.5) is 5.82 Å². The SMILES string of the molecule is CCn1nnc2c(N3CCN(C(=O)c4ccc(OC)c(OC)c4)CC3)ncnc21. The molecule has 0 unspecified atom stereocenters. The van der Waals surface area contributed by atoms with Crippen molar-refractivity contribution in [3.05, 3.63) is 30.1 Å². The lowest BCUT2D eigenvalue weighted by Crippen LogP contribution is -2.49. The highest BCUT2D eigenvalue weighted by molar-refractivity contribution is 5.95. The van der Waals surface area contributed by atoms with Crippen LogP contribution in [0.2, 0.25) is 0 Å². The number of nitrogens with zero attached hydrogens (tertiary/aromatic N) is 7. The van der Waals surface area contributed by atoms with Gasteiger partial charge in [0.15, 0.2) is 28.5 Å². The predicted octanol–water partition coefficient (Wildman–Crippen LogP) is 1.22. The van der Waals surface area contributed by atoms with Crippen LogP contribution >= 0.6 is 0 Å². The quantitative estimate of drug-likeness (QED) is 0.634. The number of benzene rings is 1. The molecule has 1 aliphatic rings. The molecule has 0 N–H and O–H groups in total. The van der Waals surface area contributed by atoms with Gasteiger partial charge in [-0.25, -0.2) is 14.6 Å². The Morgan fingerprint density at radius 3 is 2.52 bits per heavy atom. The highest BCUT2D eigenvalue weighted by Crippen LogP contribution is 2.28. The largest absolute Gasteiger partial charge is 0.493 e. The van der Waals surface area contributed by atoms with Gasteiger partial charge in [0, 0.05) is 38.3 Å². The number of anilines is 1. The summed E-state index contributed by atoms with van der Waals surface area (Å²) in [6.07, 6.45) is 1.54. The van der Waals surface area contributed by atoms with Gasteiger partial charge in [-0.1, -0.05) is 5.21 Å². The summed E-state index contributed by atoms with van der Waals surface area (Å²) < 4.78 is 12.3. The molecule has 1 amide bonds. The normalized spacial score (nSPS) is 14.3. The van der Waals surface area contributed by atoms with Crippen LogP contribution in [-0.4, -0.2) is 76.2 Å². The number of ether oxygens (including phenoxy) is 2. The lowest BCUT2D eigenvalue weighted by Gasteiger charge is -2.35. The predicted molar refractivity (Wildman–Crippen MR) is 106 cm³/mol. The van der Waals surface area contributed by atoms with E-state index in [0.29, 0.717) is 55.3 Å². The van der Waals surface area contributed by atoms with Crippen LogP contribution in [0.15, 0.2) is 24.5 Å². The summed E-state index contributed by atoms with van der Waals surface area (Å²) in [5.74, 6) is 1.87. The van der Waals surface area contributed by atoms with Crippen molar-refractivity contribution in [1.29, 1.82) is 0 Å². The first-order valence-corrected chi connectivity index (χ1v) is 9.46. The summed E-state index contributed by atoms with van der Waals surface area (Å²) in [5, 5.41) is 8.38. The molecule has 1 aliphatic heterocycles. The lowest BCUT2D eigenvalue weighted by atomic mass is 10.1. The topological polar surface area (TPSA) is 98.5 Å². The number of piperazine rings is 1. The van der Waals surface area contributed by atoms with Crippen molar-refractivity contribution in [1.82, 2.24) is 29.9 Å². The second kappa shape index (κ2) is 7.90. The Hall–Kier alpha value is -3.43. The van der Waals surface area contributed by atoms with Crippen molar-refractivity contribution in [2.24, 2.45) is 0 Å². The number of aryl methyl sites for hydroxylation is 1. The van der Waals surface area contributed by atoms with E-state index in [4.69, 9.17) is 9.47 Å². The van der Waals surface area contributed by atoms with E-state index in [2.05, 4.69) is 25.2 Å². The minimum absolute atomic E-state index is 0.0321. The molecule has 3 aromatic rings. The van der Waals surface area contributed by atoms with Gasteiger partial charge < -0.3 is 19.3 Å². The third-order valence-corrected chi connectivity index (χ3v) is 5.08. The van der Waals surface area contributed by atoms with Gasteiger partial charge >= 0.3 is 0 Å². The molecule has 1 saturated heterocycles. The minimum atomic E-state index is -0.0321. The van der Waals surface area contributed by atoms with Gasteiger partial charge in [-0.3, -0.25) is 4.79 Å². The molecular weight excluding hydrogens is 374 g/mol. The molecule has 0 aliphatic carbocycles. The molecule has 10 heteroatoms. The van der Waals surface area contributed by atoms with E-state index >= 15 is 0 Å². The van der Waals surface area contributed by atoms with Crippen LogP contribution in [0.25, 0.3) is 11.2 Å². The fourth-order valence-corrected chi connectivity index (χ4v) is 3.50. The fourth-order valence-electron chi connectivity index (χ4n) is 3.50. The van der Waals surface area contributed by atoms with Gasteiger partial charge in [-0.05, 0) is 25.1 Å². The summed E-state index contributed by atoms with van der Waals surface area (Å²) in [6, 6.07) is 5.22. The molecule has 0 saturated carbocycles. The molecule has 0 atom stereocenters. The number of rotatable bonds is 5. The number of aromatic nitrogens is 5. The maximum atomic E-state index is 12.9. The summed E-state index contributed by atoms with van der Waals surface area (Å²) in [5.41, 5.74) is 1.99. The third kappa shape index (κ3) is 3.41. The smallest absolute Gasteiger partial charge is 0.254 e. The van der Waals surface area contributed by atoms with Crippen LogP contribution < -0.4 is 14.4 Å². The zero-order chi connectivity index (χ0) is 20.4. The number of hydrogen-bond acceptors (Lipinski definition) is 8. The Morgan fingerprint density at radius 1 is 1.07 bits per heavy atom. The second-order valence-electron chi connectivity index (χ2n) is 6.62. The summed E-state index contributed by atoms with van der Waals surface area (Å²) in [6.45, 7) is 5.17. The Kier molecular flexibility index (Phi) is 5.15. The molecule has 2 aromatic heterocycles. The highest BCUT2D eigenvalue weighted by Gasteiger charge is 2.25. The van der Waals surface area contributed by atoms with Crippen molar-refractivity contribution in [2.45, 2.75) is 13.5 Å². The van der Waals surface area contributed by atoms with Crippen molar-refractivity contribution < 1.29 is 14.3 Å². The summed E-state index contributed by atoms with van der Waals surface area (Å²) in [7, 11) is 3.13. The average molecular weight is 397 g/mol. The molecular formula is C19H23N7O3. The van der Waals surface area contributed by atoms with Gasteiger partial charge in [0.25, 0.3) is 5.91 Å². The molecule has 10 nitrogen and oxygen atoms in total. The first kappa shape index (κ1) is 18.9. The zero-order valence-electron chi connectivity index (χ0n) is 16.7. The van der Waals surface area contributed by atoms with Crippen molar-refractivity contribution in [2.75, 3.05) is 45.3 Å². The van der Waals surface area contributed by atoms with E-state index in [0.717, 1.165) is 11.5 Å². The van der Waals surface area contributed by atoms with Gasteiger partial charge in [-0.2, -0.15) is 0 Å². The Bertz CT molecular complexity index is 1030. The molecule has 29 heavy (non-hydrogen) atoms. The maximum Gasteiger partial charge on any atom is 0.254 e. The summed E-state index contributed by atoms with van der Waals surface area (Å²) >= 11 is 0. The fraction of sp³-hybridized carbons (Fsp3) is 0.421. The van der Waals surface area contributed by atoms with E-state index in [1.807, 2.05) is 11.8 Å². The molecule has 0 bridgehead atoms. The first-order valence-electron chi connectivity index (χ1n) is 9.46. The van der Waals surface area contributed by atoms with Crippen molar-refractivity contribution in [3.63, 3.8) is 0 Å². The number of hydrogen-bond donors (Lipinski definition) is 0. The number of carbonyl (C=O) groups is 1. The van der Waals surface area contributed by atoms with E-state index in [1.54, 1.807) is 37.1 Å². The molecule has 1 aromatic carbocycles. The summed E-state index contributed by atoms with van der Waals surface area (Å²) in [4.78, 5) is 25.6. The molecule has 0 radical (unpaired) electrons. The zero-order valence-corrected chi connectivity index (χ0v) is 16.7. The third-order valence-electron chi connectivity index (χ3n) is 5.08. The van der Waals surface area contributed by atoms with E-state index in [-0.39, 0.29) is 5.91 Å². The first-order chi connectivity index (χ1) is 14.2. The molecule has 4 rings (SSSR count). The van der Waals surface area contributed by atoms with Crippen LogP contribution in [-0.2, 0) is 6.54 Å². The Balaban J connectivity index is 1.49. The number of fused-ring (bicyclic) bond motifs is 1. The Labute approximate surface area is 168 Å². The lowest BCUT2D eigenvalue weighted by molar-refractivity contribution is 0.0746. The number of carbonyl (C=O) groups excluding carboxylic acids is 1. The monoisotopic (exact) mass is 397 g/mol. The van der Waals surface area contributed by atoms with Gasteiger partial charge in [0.1, 0.15) is 6.33 Å². The van der Waals surface area contributed by atoms with E-state index in [1.165, 1.54) is 6.33 Å². The van der Waals surface area contributed by atoms with E-state index < -0.39 is 0 Å². The second-order valence-corrected chi connectivity index (χ2v) is 6.62. The van der Waals surface area contributed by atoms with Gasteiger partial charge in [0.05, 0.1) is 14.2 Å². The van der Waals surface area contributed by atoms with Crippen LogP contribution in [0.3, 0.4) is 0 Å². The highest BCUT2D eigenvalue weighted by atomic mass is 16.5. The molecule has 152 valence electrons. The molecule has 0 spiro atoms. The van der Waals surface area contributed by atoms with Crippen LogP contribution in [0.1, 0.15) is 17.3 Å². The molecule has 1 fully saturated rings. The van der Waals surface area contributed by atoms with Crippen LogP contribution in [0, 0.1) is 0 Å². The average Bonchev–Trinajstić information content (AvgIpc) is 3.21. The van der Waals surface area contributed by atoms with Gasteiger partial charge in [-0.15, -0.1) is 5.10 Å². The maximum absolute atomic E-state index is 12.9. The van der Waals surface area contributed by atoms with Crippen LogP contribution in [0.5, 0.6) is 11.5 Å². The molecule has 3 heterocycles. The van der Waals surface area contributed by atoms with E-state index in [9.17, 15) is 4.79 Å². The van der Waals surface area contributed by atoms with Gasteiger partial charge in [0.2, 0.25) is 0 Å². The number of methoxy groups -OCH3 is 2. The minimum Gasteiger partial charge on any atom is -0.493 e. The van der Waals surface area contributed by atoms with Crippen molar-refractivity contribution >= 4 is 22.9 Å². The van der Waals surface area contributed by atoms with Crippen molar-refractivity contribution in [3.8, 4) is 11.5 Å². The standard InChI is InChI=1S/C19H23N7O3/c1-4-26-18-16(22-23-26)17(20-12-21-18)24-7-9-25(10-8-24)19(27)13-5-6-14(28-2)15(11-13)29-3/h5-6,11-12H,4,7-10H2,1-3H3. The Morgan fingerprint density at radius 2 is 1.83 bits per heavy atom.